The molecule has 34 heavy (non-hydrogen) atoms. The maximum atomic E-state index is 12.8. The molecule has 11 heteroatoms. The van der Waals surface area contributed by atoms with E-state index in [0.717, 1.165) is 5.69 Å². The molecular weight excluding hydrogens is 478 g/mol. The Morgan fingerprint density at radius 1 is 1.09 bits per heavy atom. The SMILES string of the molecule is COCCN(CC(=O)Nc1nc(CC(=O)NCc2ccccn2)cs1)C(=O)c1ccc(Cl)cc1. The van der Waals surface area contributed by atoms with Gasteiger partial charge in [0.1, 0.15) is 6.54 Å². The largest absolute Gasteiger partial charge is 0.383 e. The number of benzene rings is 1. The molecule has 2 aromatic heterocycles. The molecular formula is C23H24ClN5O4S. The molecule has 0 aliphatic rings. The van der Waals surface area contributed by atoms with Crippen LogP contribution < -0.4 is 10.6 Å². The second-order valence-corrected chi connectivity index (χ2v) is 8.49. The van der Waals surface area contributed by atoms with Gasteiger partial charge in [0.2, 0.25) is 11.8 Å². The van der Waals surface area contributed by atoms with Crippen LogP contribution >= 0.6 is 22.9 Å². The zero-order valence-electron chi connectivity index (χ0n) is 18.5. The number of amides is 3. The summed E-state index contributed by atoms with van der Waals surface area (Å²) in [6.07, 6.45) is 1.74. The van der Waals surface area contributed by atoms with E-state index in [4.69, 9.17) is 16.3 Å². The number of carbonyl (C=O) groups excluding carboxylic acids is 3. The number of ether oxygens (including phenoxy) is 1. The molecule has 0 bridgehead atoms. The average Bonchev–Trinajstić information content (AvgIpc) is 3.27. The fourth-order valence-corrected chi connectivity index (χ4v) is 3.78. The highest BCUT2D eigenvalue weighted by atomic mass is 35.5. The summed E-state index contributed by atoms with van der Waals surface area (Å²) in [4.78, 5) is 47.4. The number of carbonyl (C=O) groups is 3. The van der Waals surface area contributed by atoms with Crippen molar-refractivity contribution in [2.75, 3.05) is 32.1 Å². The summed E-state index contributed by atoms with van der Waals surface area (Å²) in [5, 5.41) is 8.05. The first-order chi connectivity index (χ1) is 16.4. The summed E-state index contributed by atoms with van der Waals surface area (Å²) in [5.41, 5.74) is 1.71. The zero-order valence-corrected chi connectivity index (χ0v) is 20.1. The van der Waals surface area contributed by atoms with Crippen molar-refractivity contribution in [1.82, 2.24) is 20.2 Å². The van der Waals surface area contributed by atoms with Crippen LogP contribution in [0.15, 0.2) is 54.0 Å². The van der Waals surface area contributed by atoms with Gasteiger partial charge in [-0.25, -0.2) is 4.98 Å². The number of methoxy groups -OCH3 is 1. The van der Waals surface area contributed by atoms with Crippen LogP contribution in [0, 0.1) is 0 Å². The number of halogens is 1. The number of aromatic nitrogens is 2. The van der Waals surface area contributed by atoms with E-state index in [2.05, 4.69) is 20.6 Å². The molecule has 9 nitrogen and oxygen atoms in total. The van der Waals surface area contributed by atoms with Gasteiger partial charge in [0, 0.05) is 35.8 Å². The van der Waals surface area contributed by atoms with Gasteiger partial charge in [0.25, 0.3) is 5.91 Å². The third-order valence-electron chi connectivity index (χ3n) is 4.61. The fraction of sp³-hybridized carbons (Fsp3) is 0.261. The first-order valence-corrected chi connectivity index (χ1v) is 11.6. The van der Waals surface area contributed by atoms with Gasteiger partial charge < -0.3 is 20.3 Å². The van der Waals surface area contributed by atoms with Gasteiger partial charge in [0.15, 0.2) is 5.13 Å². The van der Waals surface area contributed by atoms with E-state index < -0.39 is 5.91 Å². The van der Waals surface area contributed by atoms with Crippen molar-refractivity contribution in [3.05, 3.63) is 76.0 Å². The minimum atomic E-state index is -0.404. The summed E-state index contributed by atoms with van der Waals surface area (Å²) < 4.78 is 5.07. The summed E-state index contributed by atoms with van der Waals surface area (Å²) in [6, 6.07) is 11.9. The fourth-order valence-electron chi connectivity index (χ4n) is 2.93. The van der Waals surface area contributed by atoms with Gasteiger partial charge in [0.05, 0.1) is 31.0 Å². The zero-order chi connectivity index (χ0) is 24.3. The van der Waals surface area contributed by atoms with Gasteiger partial charge in [-0.1, -0.05) is 17.7 Å². The van der Waals surface area contributed by atoms with Crippen LogP contribution in [0.25, 0.3) is 0 Å². The van der Waals surface area contributed by atoms with Crippen molar-refractivity contribution < 1.29 is 19.1 Å². The molecule has 178 valence electrons. The Bertz CT molecular complexity index is 1110. The monoisotopic (exact) mass is 501 g/mol. The highest BCUT2D eigenvalue weighted by Crippen LogP contribution is 2.16. The van der Waals surface area contributed by atoms with E-state index in [-0.39, 0.29) is 37.9 Å². The number of anilines is 1. The molecule has 0 unspecified atom stereocenters. The average molecular weight is 502 g/mol. The van der Waals surface area contributed by atoms with Gasteiger partial charge in [-0.05, 0) is 36.4 Å². The van der Waals surface area contributed by atoms with E-state index in [1.54, 1.807) is 41.9 Å². The van der Waals surface area contributed by atoms with Crippen molar-refractivity contribution in [1.29, 1.82) is 0 Å². The lowest BCUT2D eigenvalue weighted by atomic mass is 10.2. The van der Waals surface area contributed by atoms with Crippen LogP contribution in [0.4, 0.5) is 5.13 Å². The van der Waals surface area contributed by atoms with Crippen molar-refractivity contribution >= 4 is 45.8 Å². The molecule has 0 radical (unpaired) electrons. The van der Waals surface area contributed by atoms with E-state index in [1.807, 2.05) is 12.1 Å². The number of hydrogen-bond donors (Lipinski definition) is 2. The smallest absolute Gasteiger partial charge is 0.254 e. The van der Waals surface area contributed by atoms with E-state index in [0.29, 0.717) is 28.0 Å². The molecule has 1 aromatic carbocycles. The van der Waals surface area contributed by atoms with E-state index >= 15 is 0 Å². The lowest BCUT2D eigenvalue weighted by molar-refractivity contribution is -0.120. The quantitative estimate of drug-likeness (QED) is 0.417. The maximum absolute atomic E-state index is 12.8. The second-order valence-electron chi connectivity index (χ2n) is 7.19. The molecule has 3 amide bonds. The first kappa shape index (κ1) is 25.3. The predicted octanol–water partition coefficient (Wildman–Crippen LogP) is 2.78. The standard InChI is InChI=1S/C23H24ClN5O4S/c1-33-11-10-29(22(32)16-5-7-17(24)8-6-16)14-21(31)28-23-27-19(15-34-23)12-20(30)26-13-18-4-2-3-9-25-18/h2-9,15H,10-14H2,1H3,(H,26,30)(H,27,28,31). The topological polar surface area (TPSA) is 114 Å². The molecule has 0 saturated heterocycles. The first-order valence-electron chi connectivity index (χ1n) is 10.4. The van der Waals surface area contributed by atoms with Crippen LogP contribution in [0.1, 0.15) is 21.7 Å². The summed E-state index contributed by atoms with van der Waals surface area (Å²) in [6.45, 7) is 0.670. The molecule has 0 aliphatic carbocycles. The second kappa shape index (κ2) is 12.8. The minimum Gasteiger partial charge on any atom is -0.383 e. The maximum Gasteiger partial charge on any atom is 0.254 e. The van der Waals surface area contributed by atoms with Crippen LogP contribution in [-0.2, 0) is 27.3 Å². The van der Waals surface area contributed by atoms with Crippen molar-refractivity contribution in [2.24, 2.45) is 0 Å². The van der Waals surface area contributed by atoms with Crippen molar-refractivity contribution in [2.45, 2.75) is 13.0 Å². The molecule has 0 atom stereocenters. The molecule has 0 saturated carbocycles. The van der Waals surface area contributed by atoms with Crippen LogP contribution in [0.5, 0.6) is 0 Å². The van der Waals surface area contributed by atoms with Crippen LogP contribution in [0.3, 0.4) is 0 Å². The number of hydrogen-bond acceptors (Lipinski definition) is 7. The minimum absolute atomic E-state index is 0.0776. The van der Waals surface area contributed by atoms with Crippen molar-refractivity contribution in [3.63, 3.8) is 0 Å². The van der Waals surface area contributed by atoms with Crippen molar-refractivity contribution in [3.8, 4) is 0 Å². The van der Waals surface area contributed by atoms with Gasteiger partial charge in [-0.15, -0.1) is 11.3 Å². The summed E-state index contributed by atoms with van der Waals surface area (Å²) in [5.74, 6) is -0.916. The number of nitrogens with one attached hydrogen (secondary N) is 2. The van der Waals surface area contributed by atoms with Gasteiger partial charge in [-0.2, -0.15) is 0 Å². The third-order valence-corrected chi connectivity index (χ3v) is 5.67. The Labute approximate surface area is 206 Å². The molecule has 0 spiro atoms. The highest BCUT2D eigenvalue weighted by Gasteiger charge is 2.19. The van der Waals surface area contributed by atoms with Gasteiger partial charge in [-0.3, -0.25) is 19.4 Å². The Balaban J connectivity index is 1.53. The summed E-state index contributed by atoms with van der Waals surface area (Å²) in [7, 11) is 1.52. The lowest BCUT2D eigenvalue weighted by Gasteiger charge is -2.21. The Hall–Kier alpha value is -3.34. The number of pyridine rings is 1. The number of rotatable bonds is 11. The van der Waals surface area contributed by atoms with Crippen LogP contribution in [0.2, 0.25) is 5.02 Å². The Morgan fingerprint density at radius 3 is 2.59 bits per heavy atom. The Kier molecular flexibility index (Phi) is 9.51. The Morgan fingerprint density at radius 2 is 1.88 bits per heavy atom. The number of nitrogens with zero attached hydrogens (tertiary/aromatic N) is 3. The van der Waals surface area contributed by atoms with E-state index in [9.17, 15) is 14.4 Å². The summed E-state index contributed by atoms with van der Waals surface area (Å²) >= 11 is 7.10. The van der Waals surface area contributed by atoms with Crippen LogP contribution in [-0.4, -0.2) is 59.4 Å². The molecule has 0 fully saturated rings. The predicted molar refractivity (Wildman–Crippen MR) is 130 cm³/mol. The molecule has 2 heterocycles. The highest BCUT2D eigenvalue weighted by molar-refractivity contribution is 7.13. The molecule has 3 aromatic rings. The number of thiazole rings is 1. The van der Waals surface area contributed by atoms with E-state index in [1.165, 1.54) is 23.3 Å². The molecule has 2 N–H and O–H groups in total. The normalized spacial score (nSPS) is 10.5. The lowest BCUT2D eigenvalue weighted by Crippen LogP contribution is -2.40. The third kappa shape index (κ3) is 7.91. The molecule has 0 aliphatic heterocycles. The van der Waals surface area contributed by atoms with Gasteiger partial charge >= 0.3 is 0 Å². The molecule has 3 rings (SSSR count).